The number of hydrogen-bond donors (Lipinski definition) is 1. The summed E-state index contributed by atoms with van der Waals surface area (Å²) < 4.78 is 10.8. The monoisotopic (exact) mass is 476 g/mol. The van der Waals surface area contributed by atoms with Gasteiger partial charge in [0.2, 0.25) is 11.8 Å². The molecule has 0 bridgehead atoms. The van der Waals surface area contributed by atoms with Gasteiger partial charge in [-0.05, 0) is 53.9 Å². The number of methoxy groups -OCH3 is 2. The predicted octanol–water partition coefficient (Wildman–Crippen LogP) is 5.48. The van der Waals surface area contributed by atoms with E-state index in [-0.39, 0.29) is 30.0 Å². The summed E-state index contributed by atoms with van der Waals surface area (Å²) in [6, 6.07) is 21.2. The first-order chi connectivity index (χ1) is 16.5. The number of hydrogen-bond acceptors (Lipinski definition) is 5. The number of aryl methyl sites for hydroxylation is 1. The van der Waals surface area contributed by atoms with Gasteiger partial charge in [0.05, 0.1) is 19.9 Å². The molecule has 3 aromatic carbocycles. The Morgan fingerprint density at radius 3 is 2.47 bits per heavy atom. The summed E-state index contributed by atoms with van der Waals surface area (Å²) in [6.45, 7) is 2.04. The topological polar surface area (TPSA) is 67.9 Å². The lowest BCUT2D eigenvalue weighted by molar-refractivity contribution is -0.121. The lowest BCUT2D eigenvalue weighted by atomic mass is 10.1. The van der Waals surface area contributed by atoms with Crippen LogP contribution in [0.4, 0.5) is 11.4 Å². The van der Waals surface area contributed by atoms with E-state index in [4.69, 9.17) is 9.47 Å². The molecule has 0 saturated heterocycles. The summed E-state index contributed by atoms with van der Waals surface area (Å²) in [6.07, 6.45) is 1.19. The van der Waals surface area contributed by atoms with Crippen LogP contribution in [0.25, 0.3) is 0 Å². The van der Waals surface area contributed by atoms with Crippen LogP contribution in [0, 0.1) is 0 Å². The molecule has 4 rings (SSSR count). The van der Waals surface area contributed by atoms with Crippen LogP contribution in [-0.4, -0.2) is 32.6 Å². The molecule has 0 radical (unpaired) electrons. The fraction of sp³-hybridized carbons (Fsp3) is 0.259. The summed E-state index contributed by atoms with van der Waals surface area (Å²) in [5, 5.41) is 2.79. The molecular weight excluding hydrogens is 448 g/mol. The summed E-state index contributed by atoms with van der Waals surface area (Å²) in [7, 11) is 3.19. The number of nitrogens with one attached hydrogen (secondary N) is 1. The minimum Gasteiger partial charge on any atom is -0.493 e. The molecule has 0 aromatic heterocycles. The first-order valence-electron chi connectivity index (χ1n) is 11.2. The van der Waals surface area contributed by atoms with Crippen molar-refractivity contribution in [3.8, 4) is 11.5 Å². The van der Waals surface area contributed by atoms with Gasteiger partial charge in [0.25, 0.3) is 0 Å². The summed E-state index contributed by atoms with van der Waals surface area (Å²) in [4.78, 5) is 28.8. The molecule has 3 aromatic rings. The Labute approximate surface area is 204 Å². The number of anilines is 2. The van der Waals surface area contributed by atoms with Crippen LogP contribution in [0.3, 0.4) is 0 Å². The minimum absolute atomic E-state index is 0.0510. The Bertz CT molecular complexity index is 1180. The quantitative estimate of drug-likeness (QED) is 0.489. The van der Waals surface area contributed by atoms with E-state index in [9.17, 15) is 9.59 Å². The Balaban J connectivity index is 1.57. The van der Waals surface area contributed by atoms with Gasteiger partial charge in [0, 0.05) is 22.3 Å². The van der Waals surface area contributed by atoms with Crippen molar-refractivity contribution in [1.82, 2.24) is 0 Å². The second kappa shape index (κ2) is 10.7. The van der Waals surface area contributed by atoms with Crippen molar-refractivity contribution in [2.75, 3.05) is 31.0 Å². The first-order valence-corrected chi connectivity index (χ1v) is 12.1. The fourth-order valence-electron chi connectivity index (χ4n) is 3.96. The molecule has 1 atom stereocenters. The third kappa shape index (κ3) is 5.20. The second-order valence-electron chi connectivity index (χ2n) is 7.97. The third-order valence-corrected chi connectivity index (χ3v) is 7.14. The van der Waals surface area contributed by atoms with Crippen molar-refractivity contribution >= 4 is 35.0 Å². The van der Waals surface area contributed by atoms with Gasteiger partial charge in [-0.25, -0.2) is 0 Å². The first kappa shape index (κ1) is 23.7. The lowest BCUT2D eigenvalue weighted by Crippen LogP contribution is -2.38. The zero-order valence-corrected chi connectivity index (χ0v) is 20.4. The van der Waals surface area contributed by atoms with Crippen LogP contribution in [0.15, 0.2) is 71.6 Å². The Hall–Kier alpha value is -3.45. The van der Waals surface area contributed by atoms with Gasteiger partial charge in [0.15, 0.2) is 11.5 Å². The maximum atomic E-state index is 13.4. The Morgan fingerprint density at radius 2 is 1.76 bits per heavy atom. The van der Waals surface area contributed by atoms with Gasteiger partial charge in [0.1, 0.15) is 6.54 Å². The highest BCUT2D eigenvalue weighted by molar-refractivity contribution is 7.99. The van der Waals surface area contributed by atoms with Crippen molar-refractivity contribution in [2.24, 2.45) is 0 Å². The van der Waals surface area contributed by atoms with E-state index >= 15 is 0 Å². The normalized spacial score (nSPS) is 15.3. The smallest absolute Gasteiger partial charge is 0.244 e. The molecule has 0 spiro atoms. The van der Waals surface area contributed by atoms with Crippen LogP contribution in [0.2, 0.25) is 0 Å². The number of carbonyl (C=O) groups is 2. The molecule has 2 amide bonds. The van der Waals surface area contributed by atoms with Crippen molar-refractivity contribution in [1.29, 1.82) is 0 Å². The number of nitrogens with zero attached hydrogens (tertiary/aromatic N) is 1. The zero-order valence-electron chi connectivity index (χ0n) is 19.5. The average Bonchev–Trinajstić information content (AvgIpc) is 3.00. The van der Waals surface area contributed by atoms with Gasteiger partial charge in [-0.3, -0.25) is 9.59 Å². The van der Waals surface area contributed by atoms with E-state index in [1.54, 1.807) is 30.9 Å². The zero-order chi connectivity index (χ0) is 24.1. The maximum Gasteiger partial charge on any atom is 0.244 e. The molecular formula is C27H28N2O4S. The molecule has 176 valence electrons. The van der Waals surface area contributed by atoms with Gasteiger partial charge in [-0.2, -0.15) is 0 Å². The summed E-state index contributed by atoms with van der Waals surface area (Å²) in [5.74, 6) is 0.924. The summed E-state index contributed by atoms with van der Waals surface area (Å²) in [5.41, 5.74) is 3.63. The lowest BCUT2D eigenvalue weighted by Gasteiger charge is -2.22. The Kier molecular flexibility index (Phi) is 7.43. The van der Waals surface area contributed by atoms with Crippen molar-refractivity contribution in [3.63, 3.8) is 0 Å². The number of benzene rings is 3. The third-order valence-electron chi connectivity index (χ3n) is 5.81. The van der Waals surface area contributed by atoms with Crippen molar-refractivity contribution in [3.05, 3.63) is 77.9 Å². The number of fused-ring (bicyclic) bond motifs is 1. The predicted molar refractivity (Wildman–Crippen MR) is 136 cm³/mol. The van der Waals surface area contributed by atoms with Crippen LogP contribution in [-0.2, 0) is 16.0 Å². The molecule has 0 unspecified atom stereocenters. The van der Waals surface area contributed by atoms with Crippen LogP contribution >= 0.6 is 11.8 Å². The largest absolute Gasteiger partial charge is 0.493 e. The molecule has 0 saturated carbocycles. The number of ether oxygens (including phenoxy) is 2. The molecule has 1 aliphatic rings. The minimum atomic E-state index is -0.234. The summed E-state index contributed by atoms with van der Waals surface area (Å²) >= 11 is 1.62. The van der Waals surface area contributed by atoms with E-state index in [0.29, 0.717) is 11.5 Å². The highest BCUT2D eigenvalue weighted by Crippen LogP contribution is 2.46. The standard InChI is InChI=1S/C27H28N2O4S/c1-4-18-9-12-20(13-10-18)28-26(30)17-29-21-7-5-6-8-24(21)34-25(16-27(29)31)19-11-14-22(32-2)23(15-19)33-3/h5-15,25H,4,16-17H2,1-3H3,(H,28,30)/t25-/m1/s1. The Morgan fingerprint density at radius 1 is 1.03 bits per heavy atom. The van der Waals surface area contributed by atoms with Crippen LogP contribution in [0.5, 0.6) is 11.5 Å². The molecule has 1 heterocycles. The highest BCUT2D eigenvalue weighted by Gasteiger charge is 2.30. The van der Waals surface area contributed by atoms with Gasteiger partial charge in [-0.15, -0.1) is 11.8 Å². The molecule has 7 heteroatoms. The molecule has 34 heavy (non-hydrogen) atoms. The van der Waals surface area contributed by atoms with E-state index in [0.717, 1.165) is 28.3 Å². The van der Waals surface area contributed by atoms with E-state index in [2.05, 4.69) is 12.2 Å². The van der Waals surface area contributed by atoms with E-state index < -0.39 is 0 Å². The average molecular weight is 477 g/mol. The number of amides is 2. The fourth-order valence-corrected chi connectivity index (χ4v) is 5.23. The molecule has 1 N–H and O–H groups in total. The van der Waals surface area contributed by atoms with Crippen LogP contribution in [0.1, 0.15) is 29.7 Å². The van der Waals surface area contributed by atoms with E-state index in [1.165, 1.54) is 5.56 Å². The van der Waals surface area contributed by atoms with Gasteiger partial charge >= 0.3 is 0 Å². The number of thioether (sulfide) groups is 1. The molecule has 6 nitrogen and oxygen atoms in total. The number of carbonyl (C=O) groups excluding carboxylic acids is 2. The maximum absolute atomic E-state index is 13.4. The highest BCUT2D eigenvalue weighted by atomic mass is 32.2. The molecule has 0 aliphatic carbocycles. The number of para-hydroxylation sites is 1. The van der Waals surface area contributed by atoms with Crippen molar-refractivity contribution < 1.29 is 19.1 Å². The molecule has 1 aliphatic heterocycles. The molecule has 0 fully saturated rings. The van der Waals surface area contributed by atoms with Gasteiger partial charge in [-0.1, -0.05) is 37.3 Å². The number of rotatable bonds is 7. The second-order valence-corrected chi connectivity index (χ2v) is 9.22. The van der Waals surface area contributed by atoms with E-state index in [1.807, 2.05) is 66.7 Å². The van der Waals surface area contributed by atoms with Crippen molar-refractivity contribution in [2.45, 2.75) is 29.9 Å². The SMILES string of the molecule is CCc1ccc(NC(=O)CN2C(=O)C[C@H](c3ccc(OC)c(OC)c3)Sc3ccccc32)cc1. The van der Waals surface area contributed by atoms with Gasteiger partial charge < -0.3 is 19.7 Å². The van der Waals surface area contributed by atoms with Crippen LogP contribution < -0.4 is 19.7 Å².